The highest BCUT2D eigenvalue weighted by Gasteiger charge is 2.45. The van der Waals surface area contributed by atoms with Crippen LogP contribution in [0.5, 0.6) is 11.5 Å². The van der Waals surface area contributed by atoms with E-state index in [1.54, 1.807) is 0 Å². The van der Waals surface area contributed by atoms with E-state index in [0.717, 1.165) is 84.2 Å². The molecule has 0 radical (unpaired) electrons. The molecule has 16 aromatic rings. The first-order valence-electron chi connectivity index (χ1n) is 37.6. The second kappa shape index (κ2) is 22.6. The Hall–Kier alpha value is -12.4. The third-order valence-corrected chi connectivity index (χ3v) is 25.1. The summed E-state index contributed by atoms with van der Waals surface area (Å²) in [5, 5.41) is 5.22. The van der Waals surface area contributed by atoms with Crippen molar-refractivity contribution in [2.75, 3.05) is 4.90 Å². The molecule has 0 unspecified atom stereocenters. The summed E-state index contributed by atoms with van der Waals surface area (Å²) in [6, 6.07) is 122. The van der Waals surface area contributed by atoms with Crippen molar-refractivity contribution < 1.29 is 4.74 Å². The van der Waals surface area contributed by atoms with Crippen LogP contribution in [0.4, 0.5) is 17.1 Å². The number of benzene rings is 16. The van der Waals surface area contributed by atoms with Crippen molar-refractivity contribution in [2.24, 2.45) is 0 Å². The van der Waals surface area contributed by atoms with Gasteiger partial charge in [-0.25, -0.2) is 0 Å². The number of hydrogen-bond donors (Lipinski definition) is 0. The van der Waals surface area contributed by atoms with Gasteiger partial charge in [-0.15, -0.1) is 0 Å². The fourth-order valence-corrected chi connectivity index (χ4v) is 19.3. The van der Waals surface area contributed by atoms with Crippen LogP contribution in [0.25, 0.3) is 144 Å². The van der Waals surface area contributed by atoms with Crippen LogP contribution in [0.2, 0.25) is 0 Å². The molecular formula is C104H77NO. The monoisotopic (exact) mass is 1360 g/mol. The molecule has 5 aliphatic rings. The first-order chi connectivity index (χ1) is 51.5. The Morgan fingerprint density at radius 2 is 0.519 bits per heavy atom. The van der Waals surface area contributed by atoms with Crippen LogP contribution in [0.15, 0.2) is 322 Å². The number of anilines is 3. The van der Waals surface area contributed by atoms with Crippen LogP contribution in [0.3, 0.4) is 0 Å². The fourth-order valence-electron chi connectivity index (χ4n) is 19.3. The summed E-state index contributed by atoms with van der Waals surface area (Å²) in [7, 11) is 0. The van der Waals surface area contributed by atoms with E-state index in [9.17, 15) is 0 Å². The van der Waals surface area contributed by atoms with E-state index >= 15 is 0 Å². The summed E-state index contributed by atoms with van der Waals surface area (Å²) < 4.78 is 7.40. The predicted molar refractivity (Wildman–Crippen MR) is 445 cm³/mol. The maximum absolute atomic E-state index is 7.40. The molecule has 106 heavy (non-hydrogen) atoms. The van der Waals surface area contributed by atoms with Gasteiger partial charge in [0.1, 0.15) is 0 Å². The summed E-state index contributed by atoms with van der Waals surface area (Å²) in [6.45, 7) is 19.4. The molecule has 0 saturated carbocycles. The van der Waals surface area contributed by atoms with Gasteiger partial charge in [-0.1, -0.05) is 304 Å². The highest BCUT2D eigenvalue weighted by Crippen LogP contribution is 2.62. The van der Waals surface area contributed by atoms with Crippen LogP contribution < -0.4 is 9.64 Å². The van der Waals surface area contributed by atoms with Gasteiger partial charge in [0.15, 0.2) is 11.5 Å². The lowest BCUT2D eigenvalue weighted by molar-refractivity contribution is 0.477. The molecule has 21 rings (SSSR count). The van der Waals surface area contributed by atoms with Crippen LogP contribution in [0, 0.1) is 0 Å². The molecule has 16 aromatic carbocycles. The second-order valence-corrected chi connectivity index (χ2v) is 32.3. The van der Waals surface area contributed by atoms with Crippen LogP contribution in [0.1, 0.15) is 99.9 Å². The van der Waals surface area contributed by atoms with E-state index in [2.05, 4.69) is 382 Å². The standard InChI is InChI=1S/C104H77NO/c1-101(2)86-48-42-67-28-18-20-30-76(67)98(86)84-60-90-82(58-92(84)101)78-46-40-71(54-88(78)103(90,5)6)73-44-50-96-94(56-73)105(100-80(69-36-32-65(33-37-69)62-22-12-9-13-23-62)52-75(64-26-16-11-17-27-64)53-81(100)70-38-34-66(35-39-70)63-24-14-10-15-25-63)95-57-74(45-51-97(95)106-96)72-41-47-79-83-59-93-85(61-91(83)104(7,8)89(79)55-72)99-77-31-21-19-29-68(77)43-49-87(99)102(93,3)4/h9-61H,1-8H3. The van der Waals surface area contributed by atoms with E-state index in [4.69, 9.17) is 4.74 Å². The smallest absolute Gasteiger partial charge is 0.151 e. The van der Waals surface area contributed by atoms with Crippen LogP contribution in [-0.4, -0.2) is 0 Å². The zero-order valence-corrected chi connectivity index (χ0v) is 61.0. The lowest BCUT2D eigenvalue weighted by Crippen LogP contribution is -2.18. The maximum Gasteiger partial charge on any atom is 0.151 e. The molecule has 0 N–H and O–H groups in total. The summed E-state index contributed by atoms with van der Waals surface area (Å²) >= 11 is 0. The van der Waals surface area contributed by atoms with Gasteiger partial charge in [0.05, 0.1) is 17.1 Å². The zero-order valence-electron chi connectivity index (χ0n) is 61.0. The highest BCUT2D eigenvalue weighted by molar-refractivity contribution is 6.08. The molecule has 0 bridgehead atoms. The molecular weight excluding hydrogens is 1280 g/mol. The lowest BCUT2D eigenvalue weighted by Gasteiger charge is -2.36. The van der Waals surface area contributed by atoms with Crippen molar-refractivity contribution >= 4 is 38.6 Å². The molecule has 0 fully saturated rings. The SMILES string of the molecule is CC1(C)c2cc(-c3ccc4c(c3)N(c3c(-c5ccc(-c6ccccc6)cc5)cc(-c5ccccc5)cc3-c3ccc(-c5ccccc5)cc3)c3cc(-c5ccc6c(c5)C(C)(C)c5cc7c(cc5-6)C(C)(C)c5ccc6ccccc6c5-7)ccc3O4)ccc2-c2cc3c(cc21)-c1c(ccc2ccccc12)C3(C)C. The summed E-state index contributed by atoms with van der Waals surface area (Å²) in [4.78, 5) is 2.56. The molecule has 0 saturated heterocycles. The first-order valence-corrected chi connectivity index (χ1v) is 37.6. The quantitative estimate of drug-likeness (QED) is 0.150. The number of hydrogen-bond acceptors (Lipinski definition) is 2. The molecule has 1 heterocycles. The Kier molecular flexibility index (Phi) is 13.3. The summed E-state index contributed by atoms with van der Waals surface area (Å²) in [6.07, 6.45) is 0. The average molecular weight is 1360 g/mol. The normalized spacial score (nSPS) is 15.0. The van der Waals surface area contributed by atoms with Crippen molar-refractivity contribution in [1.82, 2.24) is 0 Å². The summed E-state index contributed by atoms with van der Waals surface area (Å²) in [5.74, 6) is 1.57. The predicted octanol–water partition coefficient (Wildman–Crippen LogP) is 28.5. The maximum atomic E-state index is 7.40. The number of ether oxygens (including phenoxy) is 1. The van der Waals surface area contributed by atoms with Gasteiger partial charge in [-0.3, -0.25) is 0 Å². The molecule has 504 valence electrons. The molecule has 2 heteroatoms. The molecule has 4 aliphatic carbocycles. The van der Waals surface area contributed by atoms with Crippen molar-refractivity contribution in [2.45, 2.75) is 77.0 Å². The van der Waals surface area contributed by atoms with Gasteiger partial charge in [-0.2, -0.15) is 0 Å². The number of fused-ring (bicyclic) bond motifs is 18. The Bertz CT molecular complexity index is 6060. The van der Waals surface area contributed by atoms with Crippen molar-refractivity contribution in [3.8, 4) is 134 Å². The van der Waals surface area contributed by atoms with E-state index in [1.807, 2.05) is 0 Å². The van der Waals surface area contributed by atoms with Crippen LogP contribution >= 0.6 is 0 Å². The van der Waals surface area contributed by atoms with Crippen LogP contribution in [-0.2, 0) is 21.7 Å². The zero-order chi connectivity index (χ0) is 71.3. The third kappa shape index (κ3) is 9.10. The largest absolute Gasteiger partial charge is 0.453 e. The van der Waals surface area contributed by atoms with E-state index in [0.29, 0.717) is 0 Å². The van der Waals surface area contributed by atoms with Crippen molar-refractivity contribution in [1.29, 1.82) is 0 Å². The van der Waals surface area contributed by atoms with Crippen molar-refractivity contribution in [3.05, 3.63) is 366 Å². The average Bonchev–Trinajstić information content (AvgIpc) is 1.51. The van der Waals surface area contributed by atoms with Gasteiger partial charge < -0.3 is 9.64 Å². The molecule has 0 aromatic heterocycles. The molecule has 0 atom stereocenters. The van der Waals surface area contributed by atoms with Gasteiger partial charge in [0, 0.05) is 32.8 Å². The van der Waals surface area contributed by atoms with E-state index in [1.165, 1.54) is 133 Å². The Morgan fingerprint density at radius 1 is 0.208 bits per heavy atom. The topological polar surface area (TPSA) is 12.5 Å². The minimum Gasteiger partial charge on any atom is -0.453 e. The Balaban J connectivity index is 0.761. The first kappa shape index (κ1) is 62.2. The lowest BCUT2D eigenvalue weighted by atomic mass is 9.79. The molecule has 2 nitrogen and oxygen atoms in total. The molecule has 1 aliphatic heterocycles. The van der Waals surface area contributed by atoms with Gasteiger partial charge in [0.2, 0.25) is 0 Å². The minimum atomic E-state index is -0.281. The van der Waals surface area contributed by atoms with E-state index in [-0.39, 0.29) is 21.7 Å². The number of nitrogens with zero attached hydrogens (tertiary/aromatic N) is 1. The van der Waals surface area contributed by atoms with Crippen molar-refractivity contribution in [3.63, 3.8) is 0 Å². The minimum absolute atomic E-state index is 0.153. The van der Waals surface area contributed by atoms with Gasteiger partial charge >= 0.3 is 0 Å². The second-order valence-electron chi connectivity index (χ2n) is 32.3. The molecule has 0 spiro atoms. The highest BCUT2D eigenvalue weighted by atomic mass is 16.5. The fraction of sp³-hybridized carbons (Fsp3) is 0.115. The Morgan fingerprint density at radius 3 is 0.943 bits per heavy atom. The van der Waals surface area contributed by atoms with Gasteiger partial charge in [-0.05, 0) is 250 Å². The third-order valence-electron chi connectivity index (χ3n) is 25.1. The molecule has 0 amide bonds. The van der Waals surface area contributed by atoms with E-state index < -0.39 is 0 Å². The Labute approximate surface area is 621 Å². The number of rotatable bonds is 8. The van der Waals surface area contributed by atoms with Gasteiger partial charge in [0.25, 0.3) is 0 Å². The summed E-state index contributed by atoms with van der Waals surface area (Å²) in [5.41, 5.74) is 39.9.